The molecule has 3 nitrogen and oxygen atoms in total. The Balaban J connectivity index is 2.78. The van der Waals surface area contributed by atoms with E-state index in [4.69, 9.17) is 11.6 Å². The minimum atomic E-state index is 0.170. The third kappa shape index (κ3) is 2.31. The molecule has 0 unspecified atom stereocenters. The molecule has 0 atom stereocenters. The molecular weight excluding hydrogens is 188 g/mol. The number of Topliss-reactive ketones (excluding diaryl/α,β-unsaturated/α-hetero) is 1. The van der Waals surface area contributed by atoms with Crippen LogP contribution in [0.3, 0.4) is 0 Å². The second-order valence-corrected chi connectivity index (χ2v) is 3.54. The van der Waals surface area contributed by atoms with Crippen LogP contribution in [0.5, 0.6) is 0 Å². The van der Waals surface area contributed by atoms with Crippen LogP contribution < -0.4 is 0 Å². The Labute approximate surface area is 82.7 Å². The number of halogens is 1. The van der Waals surface area contributed by atoms with Crippen LogP contribution in [0.2, 0.25) is 5.02 Å². The summed E-state index contributed by atoms with van der Waals surface area (Å²) in [5.74, 6) is 0.170. The van der Waals surface area contributed by atoms with Gasteiger partial charge < -0.3 is 0 Å². The molecular formula is C9H13ClN2O. The molecule has 4 heteroatoms. The lowest BCUT2D eigenvalue weighted by molar-refractivity contribution is -0.117. The van der Waals surface area contributed by atoms with E-state index in [9.17, 15) is 4.79 Å². The Morgan fingerprint density at radius 1 is 1.54 bits per heavy atom. The van der Waals surface area contributed by atoms with Crippen LogP contribution in [0.1, 0.15) is 24.7 Å². The summed E-state index contributed by atoms with van der Waals surface area (Å²) < 4.78 is 1.78. The van der Waals surface area contributed by atoms with E-state index < -0.39 is 0 Å². The van der Waals surface area contributed by atoms with Crippen molar-refractivity contribution >= 4 is 17.4 Å². The van der Waals surface area contributed by atoms with Crippen molar-refractivity contribution in [3.8, 4) is 0 Å². The van der Waals surface area contributed by atoms with Crippen molar-refractivity contribution in [2.24, 2.45) is 0 Å². The van der Waals surface area contributed by atoms with Gasteiger partial charge in [-0.05, 0) is 20.8 Å². The third-order valence-corrected chi connectivity index (χ3v) is 2.52. The summed E-state index contributed by atoms with van der Waals surface area (Å²) >= 11 is 5.95. The predicted octanol–water partition coefficient (Wildman–Crippen LogP) is 2.13. The fourth-order valence-corrected chi connectivity index (χ4v) is 1.29. The summed E-state index contributed by atoms with van der Waals surface area (Å²) in [5.41, 5.74) is 1.75. The number of rotatable bonds is 3. The zero-order valence-corrected chi connectivity index (χ0v) is 8.85. The zero-order valence-electron chi connectivity index (χ0n) is 8.09. The SMILES string of the molecule is CC(=O)CCn1nc(C)c(Cl)c1C. The van der Waals surface area contributed by atoms with Crippen LogP contribution in [0.15, 0.2) is 0 Å². The number of hydrogen-bond donors (Lipinski definition) is 0. The first-order valence-electron chi connectivity index (χ1n) is 4.21. The van der Waals surface area contributed by atoms with Crippen molar-refractivity contribution in [1.29, 1.82) is 0 Å². The molecule has 0 aromatic carbocycles. The molecule has 0 N–H and O–H groups in total. The summed E-state index contributed by atoms with van der Waals surface area (Å²) in [6.45, 7) is 5.96. The van der Waals surface area contributed by atoms with Gasteiger partial charge in [0.05, 0.1) is 16.4 Å². The molecule has 0 spiro atoms. The molecule has 0 radical (unpaired) electrons. The highest BCUT2D eigenvalue weighted by Crippen LogP contribution is 2.18. The third-order valence-electron chi connectivity index (χ3n) is 1.97. The normalized spacial score (nSPS) is 10.5. The molecule has 0 bridgehead atoms. The molecule has 1 heterocycles. The Bertz CT molecular complexity index is 331. The van der Waals surface area contributed by atoms with Gasteiger partial charge in [0.25, 0.3) is 0 Å². The van der Waals surface area contributed by atoms with Gasteiger partial charge in [-0.2, -0.15) is 5.10 Å². The first-order valence-corrected chi connectivity index (χ1v) is 4.59. The number of carbonyl (C=O) groups is 1. The summed E-state index contributed by atoms with van der Waals surface area (Å²) in [4.78, 5) is 10.7. The molecule has 1 rings (SSSR count). The lowest BCUT2D eigenvalue weighted by atomic mass is 10.3. The van der Waals surface area contributed by atoms with Crippen LogP contribution >= 0.6 is 11.6 Å². The highest BCUT2D eigenvalue weighted by Gasteiger charge is 2.08. The van der Waals surface area contributed by atoms with E-state index in [2.05, 4.69) is 5.10 Å². The quantitative estimate of drug-likeness (QED) is 0.749. The van der Waals surface area contributed by atoms with Crippen molar-refractivity contribution in [3.05, 3.63) is 16.4 Å². The maximum atomic E-state index is 10.7. The molecule has 0 amide bonds. The average Bonchev–Trinajstić information content (AvgIpc) is 2.29. The van der Waals surface area contributed by atoms with Gasteiger partial charge in [0.15, 0.2) is 0 Å². The summed E-state index contributed by atoms with van der Waals surface area (Å²) in [7, 11) is 0. The zero-order chi connectivity index (χ0) is 10.0. The Hall–Kier alpha value is -0.830. The van der Waals surface area contributed by atoms with Crippen LogP contribution in [-0.4, -0.2) is 15.6 Å². The fourth-order valence-electron chi connectivity index (χ4n) is 1.16. The maximum absolute atomic E-state index is 10.7. The highest BCUT2D eigenvalue weighted by molar-refractivity contribution is 6.31. The Morgan fingerprint density at radius 2 is 2.15 bits per heavy atom. The molecule has 0 saturated heterocycles. The fraction of sp³-hybridized carbons (Fsp3) is 0.556. The lowest BCUT2D eigenvalue weighted by Gasteiger charge is -2.01. The molecule has 0 aliphatic rings. The molecule has 13 heavy (non-hydrogen) atoms. The topological polar surface area (TPSA) is 34.9 Å². The van der Waals surface area contributed by atoms with Gasteiger partial charge in [-0.25, -0.2) is 0 Å². The van der Waals surface area contributed by atoms with Crippen LogP contribution in [-0.2, 0) is 11.3 Å². The van der Waals surface area contributed by atoms with E-state index in [1.807, 2.05) is 13.8 Å². The standard InChI is InChI=1S/C9H13ClN2O/c1-6(13)4-5-12-8(3)9(10)7(2)11-12/h4-5H2,1-3H3. The summed E-state index contributed by atoms with van der Waals surface area (Å²) in [6.07, 6.45) is 0.512. The molecule has 1 aromatic rings. The van der Waals surface area contributed by atoms with Gasteiger partial charge in [0.2, 0.25) is 0 Å². The predicted molar refractivity (Wildman–Crippen MR) is 52.0 cm³/mol. The monoisotopic (exact) mass is 200 g/mol. The van der Waals surface area contributed by atoms with Crippen molar-refractivity contribution in [2.45, 2.75) is 33.7 Å². The summed E-state index contributed by atoms with van der Waals surface area (Å²) in [6, 6.07) is 0. The van der Waals surface area contributed by atoms with Crippen LogP contribution in [0.4, 0.5) is 0 Å². The molecule has 0 fully saturated rings. The second-order valence-electron chi connectivity index (χ2n) is 3.16. The number of nitrogens with zero attached hydrogens (tertiary/aromatic N) is 2. The van der Waals surface area contributed by atoms with Crippen molar-refractivity contribution in [3.63, 3.8) is 0 Å². The first kappa shape index (κ1) is 10.3. The van der Waals surface area contributed by atoms with E-state index >= 15 is 0 Å². The van der Waals surface area contributed by atoms with Crippen LogP contribution in [0.25, 0.3) is 0 Å². The Kier molecular flexibility index (Phi) is 3.09. The highest BCUT2D eigenvalue weighted by atomic mass is 35.5. The number of aromatic nitrogens is 2. The molecule has 1 aromatic heterocycles. The summed E-state index contributed by atoms with van der Waals surface area (Å²) in [5, 5.41) is 4.91. The van der Waals surface area contributed by atoms with Crippen molar-refractivity contribution in [1.82, 2.24) is 9.78 Å². The minimum Gasteiger partial charge on any atom is -0.300 e. The van der Waals surface area contributed by atoms with Gasteiger partial charge in [-0.15, -0.1) is 0 Å². The molecule has 0 aliphatic carbocycles. The first-order chi connectivity index (χ1) is 6.02. The van der Waals surface area contributed by atoms with E-state index in [0.29, 0.717) is 18.0 Å². The lowest BCUT2D eigenvalue weighted by Crippen LogP contribution is -2.05. The van der Waals surface area contributed by atoms with E-state index in [0.717, 1.165) is 11.4 Å². The number of ketones is 1. The maximum Gasteiger partial charge on any atom is 0.131 e. The van der Waals surface area contributed by atoms with Gasteiger partial charge in [-0.3, -0.25) is 9.48 Å². The second kappa shape index (κ2) is 3.92. The Morgan fingerprint density at radius 3 is 2.54 bits per heavy atom. The van der Waals surface area contributed by atoms with E-state index in [1.54, 1.807) is 11.6 Å². The van der Waals surface area contributed by atoms with Gasteiger partial charge in [0, 0.05) is 13.0 Å². The van der Waals surface area contributed by atoms with Gasteiger partial charge in [-0.1, -0.05) is 11.6 Å². The van der Waals surface area contributed by atoms with Crippen molar-refractivity contribution in [2.75, 3.05) is 0 Å². The molecule has 0 aliphatic heterocycles. The number of hydrogen-bond acceptors (Lipinski definition) is 2. The number of carbonyl (C=O) groups excluding carboxylic acids is 1. The largest absolute Gasteiger partial charge is 0.300 e. The van der Waals surface area contributed by atoms with Crippen molar-refractivity contribution < 1.29 is 4.79 Å². The number of aryl methyl sites for hydroxylation is 2. The minimum absolute atomic E-state index is 0.170. The van der Waals surface area contributed by atoms with Gasteiger partial charge in [0.1, 0.15) is 5.78 Å². The van der Waals surface area contributed by atoms with Gasteiger partial charge >= 0.3 is 0 Å². The van der Waals surface area contributed by atoms with E-state index in [1.165, 1.54) is 0 Å². The smallest absolute Gasteiger partial charge is 0.131 e. The average molecular weight is 201 g/mol. The van der Waals surface area contributed by atoms with E-state index in [-0.39, 0.29) is 5.78 Å². The molecule has 0 saturated carbocycles. The molecule has 72 valence electrons. The van der Waals surface area contributed by atoms with Crippen LogP contribution in [0, 0.1) is 13.8 Å².